The summed E-state index contributed by atoms with van der Waals surface area (Å²) in [6.07, 6.45) is 0.712. The molecule has 0 saturated carbocycles. The summed E-state index contributed by atoms with van der Waals surface area (Å²) in [6, 6.07) is 12.8. The van der Waals surface area contributed by atoms with Crippen molar-refractivity contribution < 1.29 is 22.7 Å². The summed E-state index contributed by atoms with van der Waals surface area (Å²) in [5, 5.41) is 2.74. The Kier molecular flexibility index (Phi) is 7.78. The minimum Gasteiger partial charge on any atom is -0.491 e. The van der Waals surface area contributed by atoms with E-state index in [4.69, 9.17) is 9.47 Å². The van der Waals surface area contributed by atoms with Gasteiger partial charge in [0.05, 0.1) is 11.5 Å². The van der Waals surface area contributed by atoms with Crippen molar-refractivity contribution in [1.29, 1.82) is 0 Å². The smallest absolute Gasteiger partial charge is 0.255 e. The van der Waals surface area contributed by atoms with Gasteiger partial charge in [-0.3, -0.25) is 4.79 Å². The maximum atomic E-state index is 12.3. The fourth-order valence-electron chi connectivity index (χ4n) is 2.19. The number of benzene rings is 2. The SMILES string of the molecule is CCCNS(=O)(=O)c1ccc(NC(=O)c2ccc(OCCOC)cc2)cc1. The van der Waals surface area contributed by atoms with Crippen LogP contribution in [0.15, 0.2) is 53.4 Å². The minimum atomic E-state index is -3.52. The third kappa shape index (κ3) is 6.35. The van der Waals surface area contributed by atoms with E-state index < -0.39 is 10.0 Å². The molecule has 0 unspecified atom stereocenters. The van der Waals surface area contributed by atoms with Crippen LogP contribution in [0.2, 0.25) is 0 Å². The predicted octanol–water partition coefficient (Wildman–Crippen LogP) is 2.65. The number of ether oxygens (including phenoxy) is 2. The second-order valence-electron chi connectivity index (χ2n) is 5.74. The first-order valence-electron chi connectivity index (χ1n) is 8.59. The van der Waals surface area contributed by atoms with Crippen LogP contribution in [0, 0.1) is 0 Å². The Balaban J connectivity index is 1.97. The molecule has 0 radical (unpaired) electrons. The van der Waals surface area contributed by atoms with Crippen molar-refractivity contribution >= 4 is 21.6 Å². The van der Waals surface area contributed by atoms with Gasteiger partial charge in [0.25, 0.3) is 5.91 Å². The van der Waals surface area contributed by atoms with Crippen molar-refractivity contribution in [1.82, 2.24) is 4.72 Å². The third-order valence-electron chi connectivity index (χ3n) is 3.64. The average molecular weight is 392 g/mol. The molecule has 0 heterocycles. The Morgan fingerprint density at radius 2 is 1.67 bits per heavy atom. The maximum Gasteiger partial charge on any atom is 0.255 e. The van der Waals surface area contributed by atoms with Crippen LogP contribution < -0.4 is 14.8 Å². The number of amides is 1. The predicted molar refractivity (Wildman–Crippen MR) is 104 cm³/mol. The molecule has 146 valence electrons. The molecule has 2 aromatic rings. The van der Waals surface area contributed by atoms with E-state index in [2.05, 4.69) is 10.0 Å². The number of carbonyl (C=O) groups is 1. The van der Waals surface area contributed by atoms with Gasteiger partial charge in [-0.2, -0.15) is 0 Å². The summed E-state index contributed by atoms with van der Waals surface area (Å²) in [4.78, 5) is 12.5. The summed E-state index contributed by atoms with van der Waals surface area (Å²) in [6.45, 7) is 3.19. The molecule has 27 heavy (non-hydrogen) atoms. The lowest BCUT2D eigenvalue weighted by atomic mass is 10.2. The van der Waals surface area contributed by atoms with Gasteiger partial charge in [0.2, 0.25) is 10.0 Å². The molecule has 0 saturated heterocycles. The lowest BCUT2D eigenvalue weighted by Gasteiger charge is -2.09. The molecule has 0 atom stereocenters. The zero-order valence-electron chi connectivity index (χ0n) is 15.4. The summed E-state index contributed by atoms with van der Waals surface area (Å²) in [7, 11) is -1.92. The molecule has 2 aromatic carbocycles. The first-order chi connectivity index (χ1) is 13.0. The number of methoxy groups -OCH3 is 1. The topological polar surface area (TPSA) is 93.7 Å². The average Bonchev–Trinajstić information content (AvgIpc) is 2.67. The lowest BCUT2D eigenvalue weighted by molar-refractivity contribution is 0.102. The van der Waals surface area contributed by atoms with Crippen molar-refractivity contribution in [3.05, 3.63) is 54.1 Å². The van der Waals surface area contributed by atoms with Gasteiger partial charge in [-0.05, 0) is 55.0 Å². The van der Waals surface area contributed by atoms with Gasteiger partial charge in [0.15, 0.2) is 0 Å². The second-order valence-corrected chi connectivity index (χ2v) is 7.51. The van der Waals surface area contributed by atoms with Gasteiger partial charge in [-0.1, -0.05) is 6.92 Å². The van der Waals surface area contributed by atoms with E-state index in [9.17, 15) is 13.2 Å². The lowest BCUT2D eigenvalue weighted by Crippen LogP contribution is -2.24. The minimum absolute atomic E-state index is 0.159. The fourth-order valence-corrected chi connectivity index (χ4v) is 3.32. The zero-order valence-corrected chi connectivity index (χ0v) is 16.2. The van der Waals surface area contributed by atoms with Crippen LogP contribution in [0.25, 0.3) is 0 Å². The van der Waals surface area contributed by atoms with E-state index in [1.807, 2.05) is 6.92 Å². The van der Waals surface area contributed by atoms with Crippen LogP contribution in [0.3, 0.4) is 0 Å². The molecule has 0 fully saturated rings. The standard InChI is InChI=1S/C19H24N2O5S/c1-3-12-20-27(23,24)18-10-6-16(7-11-18)21-19(22)15-4-8-17(9-5-15)26-14-13-25-2/h4-11,20H,3,12-14H2,1-2H3,(H,21,22). The summed E-state index contributed by atoms with van der Waals surface area (Å²) >= 11 is 0. The largest absolute Gasteiger partial charge is 0.491 e. The van der Waals surface area contributed by atoms with Crippen LogP contribution >= 0.6 is 0 Å². The molecule has 0 aliphatic rings. The Morgan fingerprint density at radius 3 is 2.26 bits per heavy atom. The Labute approximate surface area is 159 Å². The quantitative estimate of drug-likeness (QED) is 0.606. The highest BCUT2D eigenvalue weighted by atomic mass is 32.2. The van der Waals surface area contributed by atoms with Crippen LogP contribution in [-0.4, -0.2) is 41.2 Å². The van der Waals surface area contributed by atoms with Crippen molar-refractivity contribution in [3.8, 4) is 5.75 Å². The van der Waals surface area contributed by atoms with Crippen molar-refractivity contribution in [2.24, 2.45) is 0 Å². The first kappa shape index (κ1) is 20.9. The molecule has 7 nitrogen and oxygen atoms in total. The summed E-state index contributed by atoms with van der Waals surface area (Å²) in [5.41, 5.74) is 0.977. The highest BCUT2D eigenvalue weighted by molar-refractivity contribution is 7.89. The Morgan fingerprint density at radius 1 is 1.00 bits per heavy atom. The van der Waals surface area contributed by atoms with Crippen LogP contribution in [0.1, 0.15) is 23.7 Å². The van der Waals surface area contributed by atoms with Gasteiger partial charge < -0.3 is 14.8 Å². The number of sulfonamides is 1. The maximum absolute atomic E-state index is 12.3. The first-order valence-corrected chi connectivity index (χ1v) is 10.1. The molecule has 0 aliphatic carbocycles. The molecule has 0 aliphatic heterocycles. The fraction of sp³-hybridized carbons (Fsp3) is 0.316. The molecule has 1 amide bonds. The van der Waals surface area contributed by atoms with E-state index in [0.29, 0.717) is 43.2 Å². The molecular weight excluding hydrogens is 368 g/mol. The molecule has 0 bridgehead atoms. The number of hydrogen-bond acceptors (Lipinski definition) is 5. The van der Waals surface area contributed by atoms with Crippen LogP contribution in [-0.2, 0) is 14.8 Å². The highest BCUT2D eigenvalue weighted by Gasteiger charge is 2.13. The van der Waals surface area contributed by atoms with Crippen molar-refractivity contribution in [2.75, 3.05) is 32.2 Å². The Hall–Kier alpha value is -2.42. The van der Waals surface area contributed by atoms with Crippen LogP contribution in [0.5, 0.6) is 5.75 Å². The normalized spacial score (nSPS) is 11.2. The molecule has 0 aromatic heterocycles. The molecule has 2 N–H and O–H groups in total. The summed E-state index contributed by atoms with van der Waals surface area (Å²) < 4.78 is 37.0. The third-order valence-corrected chi connectivity index (χ3v) is 5.11. The van der Waals surface area contributed by atoms with Gasteiger partial charge in [-0.25, -0.2) is 13.1 Å². The Bertz CT molecular complexity index is 833. The van der Waals surface area contributed by atoms with Gasteiger partial charge in [0.1, 0.15) is 12.4 Å². The van der Waals surface area contributed by atoms with Crippen molar-refractivity contribution in [3.63, 3.8) is 0 Å². The highest BCUT2D eigenvalue weighted by Crippen LogP contribution is 2.17. The summed E-state index contributed by atoms with van der Waals surface area (Å²) in [5.74, 6) is 0.357. The van der Waals surface area contributed by atoms with Crippen molar-refractivity contribution in [2.45, 2.75) is 18.2 Å². The van der Waals surface area contributed by atoms with E-state index in [-0.39, 0.29) is 10.8 Å². The molecule has 0 spiro atoms. The number of anilines is 1. The second kappa shape index (κ2) is 10.1. The van der Waals surface area contributed by atoms with Crippen LogP contribution in [0.4, 0.5) is 5.69 Å². The zero-order chi connectivity index (χ0) is 19.7. The van der Waals surface area contributed by atoms with Gasteiger partial charge in [-0.15, -0.1) is 0 Å². The van der Waals surface area contributed by atoms with E-state index in [1.54, 1.807) is 43.5 Å². The monoisotopic (exact) mass is 392 g/mol. The number of nitrogens with one attached hydrogen (secondary N) is 2. The number of rotatable bonds is 10. The van der Waals surface area contributed by atoms with Gasteiger partial charge in [0, 0.05) is 24.9 Å². The molecular formula is C19H24N2O5S. The molecule has 8 heteroatoms. The van der Waals surface area contributed by atoms with E-state index in [1.165, 1.54) is 12.1 Å². The van der Waals surface area contributed by atoms with Gasteiger partial charge >= 0.3 is 0 Å². The number of carbonyl (C=O) groups excluding carboxylic acids is 1. The number of hydrogen-bond donors (Lipinski definition) is 2. The van der Waals surface area contributed by atoms with E-state index in [0.717, 1.165) is 0 Å². The molecule has 2 rings (SSSR count). The van der Waals surface area contributed by atoms with E-state index >= 15 is 0 Å².